The van der Waals surface area contributed by atoms with Crippen molar-refractivity contribution in [1.82, 2.24) is 0 Å². The first-order valence-electron chi connectivity index (χ1n) is 14.0. The summed E-state index contributed by atoms with van der Waals surface area (Å²) in [7, 11) is 0. The molecule has 2 heterocycles. The number of benzene rings is 6. The molecule has 0 N–H and O–H groups in total. The summed E-state index contributed by atoms with van der Waals surface area (Å²) in [6.45, 7) is 0. The minimum atomic E-state index is 0.584. The van der Waals surface area contributed by atoms with E-state index in [-0.39, 0.29) is 0 Å². The van der Waals surface area contributed by atoms with E-state index in [1.807, 2.05) is 72.8 Å². The number of fused-ring (bicyclic) bond motifs is 6. The van der Waals surface area contributed by atoms with E-state index in [2.05, 4.69) is 48.5 Å². The van der Waals surface area contributed by atoms with Crippen LogP contribution in [0.4, 0.5) is 0 Å². The van der Waals surface area contributed by atoms with Crippen molar-refractivity contribution in [3.8, 4) is 51.6 Å². The molecule has 5 nitrogen and oxygen atoms in total. The molecule has 0 aliphatic rings. The molecule has 0 bridgehead atoms. The van der Waals surface area contributed by atoms with Gasteiger partial charge in [0.1, 0.15) is 22.3 Å². The van der Waals surface area contributed by atoms with E-state index in [0.717, 1.165) is 77.3 Å². The van der Waals surface area contributed by atoms with Crippen molar-refractivity contribution >= 4 is 43.9 Å². The average Bonchev–Trinajstić information content (AvgIpc) is 3.64. The lowest BCUT2D eigenvalue weighted by molar-refractivity contribution is 0.668. The topological polar surface area (TPSA) is 97.7 Å². The highest BCUT2D eigenvalue weighted by Gasteiger charge is 2.16. The van der Waals surface area contributed by atoms with E-state index in [4.69, 9.17) is 8.83 Å². The van der Waals surface area contributed by atoms with Gasteiger partial charge in [-0.05, 0) is 101 Å². The molecule has 5 heteroatoms. The summed E-state index contributed by atoms with van der Waals surface area (Å²) in [5.74, 6) is 0. The van der Waals surface area contributed by atoms with Crippen LogP contribution >= 0.6 is 0 Å². The van der Waals surface area contributed by atoms with Crippen molar-refractivity contribution in [2.75, 3.05) is 0 Å². The monoisotopic (exact) mass is 561 g/mol. The maximum atomic E-state index is 10.00. The average molecular weight is 562 g/mol. The van der Waals surface area contributed by atoms with Gasteiger partial charge in [0.15, 0.2) is 0 Å². The lowest BCUT2D eigenvalue weighted by Gasteiger charge is -2.14. The summed E-state index contributed by atoms with van der Waals surface area (Å²) in [6, 6.07) is 43.7. The Hall–Kier alpha value is -6.61. The number of hydrogen-bond donors (Lipinski definition) is 0. The Morgan fingerprint density at radius 1 is 0.386 bits per heavy atom. The third kappa shape index (κ3) is 3.92. The fraction of sp³-hybridized carbons (Fsp3) is 0. The molecule has 0 fully saturated rings. The maximum Gasteiger partial charge on any atom is 0.136 e. The Morgan fingerprint density at radius 2 is 0.955 bits per heavy atom. The molecule has 0 spiro atoms. The van der Waals surface area contributed by atoms with Gasteiger partial charge in [-0.25, -0.2) is 0 Å². The molecular formula is C39H19N3O2. The third-order valence-corrected chi connectivity index (χ3v) is 8.20. The summed E-state index contributed by atoms with van der Waals surface area (Å²) >= 11 is 0. The molecule has 0 unspecified atom stereocenters. The highest BCUT2D eigenvalue weighted by atomic mass is 16.3. The predicted molar refractivity (Wildman–Crippen MR) is 171 cm³/mol. The normalized spacial score (nSPS) is 11.1. The quantitative estimate of drug-likeness (QED) is 0.214. The van der Waals surface area contributed by atoms with Gasteiger partial charge in [-0.1, -0.05) is 42.5 Å². The number of hydrogen-bond acceptors (Lipinski definition) is 5. The zero-order chi connectivity index (χ0) is 29.8. The molecule has 0 atom stereocenters. The molecule has 0 aliphatic carbocycles. The lowest BCUT2D eigenvalue weighted by atomic mass is 9.89. The maximum absolute atomic E-state index is 10.00. The Balaban J connectivity index is 1.31. The molecule has 202 valence electrons. The largest absolute Gasteiger partial charge is 0.456 e. The predicted octanol–water partition coefficient (Wildman–Crippen LogP) is 10.1. The van der Waals surface area contributed by atoms with Gasteiger partial charge < -0.3 is 8.83 Å². The molecule has 44 heavy (non-hydrogen) atoms. The smallest absolute Gasteiger partial charge is 0.136 e. The van der Waals surface area contributed by atoms with Gasteiger partial charge in [0, 0.05) is 27.1 Å². The van der Waals surface area contributed by atoms with Crippen LogP contribution in [-0.4, -0.2) is 0 Å². The van der Waals surface area contributed by atoms with Gasteiger partial charge >= 0.3 is 0 Å². The summed E-state index contributed by atoms with van der Waals surface area (Å²) in [6.07, 6.45) is 0. The van der Waals surface area contributed by atoms with Crippen LogP contribution < -0.4 is 0 Å². The molecule has 0 aliphatic heterocycles. The Kier molecular flexibility index (Phi) is 5.56. The first kappa shape index (κ1) is 25.1. The van der Waals surface area contributed by atoms with E-state index in [1.54, 1.807) is 12.1 Å². The van der Waals surface area contributed by atoms with Crippen LogP contribution in [-0.2, 0) is 0 Å². The van der Waals surface area contributed by atoms with Gasteiger partial charge in [-0.3, -0.25) is 0 Å². The van der Waals surface area contributed by atoms with Gasteiger partial charge in [0.2, 0.25) is 0 Å². The molecule has 8 aromatic rings. The van der Waals surface area contributed by atoms with E-state index >= 15 is 0 Å². The fourth-order valence-electron chi connectivity index (χ4n) is 6.05. The van der Waals surface area contributed by atoms with E-state index in [1.165, 1.54) is 0 Å². The van der Waals surface area contributed by atoms with E-state index in [0.29, 0.717) is 16.7 Å². The fourth-order valence-corrected chi connectivity index (χ4v) is 6.05. The van der Waals surface area contributed by atoms with Crippen LogP contribution in [0.3, 0.4) is 0 Å². The number of furan rings is 2. The molecule has 0 saturated heterocycles. The molecule has 8 rings (SSSR count). The van der Waals surface area contributed by atoms with Gasteiger partial charge in [-0.2, -0.15) is 15.8 Å². The zero-order valence-electron chi connectivity index (χ0n) is 23.1. The molecule has 0 saturated carbocycles. The Morgan fingerprint density at radius 3 is 1.59 bits per heavy atom. The minimum absolute atomic E-state index is 0.584. The molecule has 0 amide bonds. The second-order valence-corrected chi connectivity index (χ2v) is 10.7. The van der Waals surface area contributed by atoms with Crippen molar-refractivity contribution < 1.29 is 8.83 Å². The van der Waals surface area contributed by atoms with Crippen LogP contribution in [0.25, 0.3) is 77.3 Å². The van der Waals surface area contributed by atoms with Crippen molar-refractivity contribution in [2.45, 2.75) is 0 Å². The SMILES string of the molecule is N#Cc1ccc2oc3cc(-c4ccc(-c5ccc6c(c5)oc5ccc(C#N)cc56)c(-c5ccccc5C#N)c4)ccc3c2c1. The highest BCUT2D eigenvalue weighted by Crippen LogP contribution is 2.40. The molecule has 0 radical (unpaired) electrons. The van der Waals surface area contributed by atoms with E-state index in [9.17, 15) is 15.8 Å². The number of rotatable bonds is 3. The summed E-state index contributed by atoms with van der Waals surface area (Å²) in [5, 5.41) is 32.4. The van der Waals surface area contributed by atoms with Crippen molar-refractivity contribution in [3.05, 3.63) is 132 Å². The van der Waals surface area contributed by atoms with Crippen molar-refractivity contribution in [3.63, 3.8) is 0 Å². The van der Waals surface area contributed by atoms with E-state index < -0.39 is 0 Å². The Labute approximate surface area is 251 Å². The van der Waals surface area contributed by atoms with Crippen LogP contribution in [0.2, 0.25) is 0 Å². The van der Waals surface area contributed by atoms with Crippen LogP contribution in [0.15, 0.2) is 124 Å². The number of nitrogens with zero attached hydrogens (tertiary/aromatic N) is 3. The van der Waals surface area contributed by atoms with Crippen molar-refractivity contribution in [1.29, 1.82) is 15.8 Å². The molecule has 6 aromatic carbocycles. The van der Waals surface area contributed by atoms with Crippen LogP contribution in [0, 0.1) is 34.0 Å². The Bertz CT molecular complexity index is 2600. The van der Waals surface area contributed by atoms with Gasteiger partial charge in [0.05, 0.1) is 34.9 Å². The van der Waals surface area contributed by atoms with Crippen LogP contribution in [0.1, 0.15) is 16.7 Å². The summed E-state index contributed by atoms with van der Waals surface area (Å²) in [5.41, 5.74) is 10.3. The van der Waals surface area contributed by atoms with Crippen molar-refractivity contribution in [2.24, 2.45) is 0 Å². The van der Waals surface area contributed by atoms with Crippen LogP contribution in [0.5, 0.6) is 0 Å². The van der Waals surface area contributed by atoms with Gasteiger partial charge in [-0.15, -0.1) is 0 Å². The second kappa shape index (κ2) is 9.74. The second-order valence-electron chi connectivity index (χ2n) is 10.7. The minimum Gasteiger partial charge on any atom is -0.456 e. The molecule has 2 aromatic heterocycles. The first-order valence-corrected chi connectivity index (χ1v) is 14.0. The summed E-state index contributed by atoms with van der Waals surface area (Å²) < 4.78 is 12.3. The zero-order valence-corrected chi connectivity index (χ0v) is 23.1. The van der Waals surface area contributed by atoms with Gasteiger partial charge in [0.25, 0.3) is 0 Å². The third-order valence-electron chi connectivity index (χ3n) is 8.20. The lowest BCUT2D eigenvalue weighted by Crippen LogP contribution is -1.90. The molecular weight excluding hydrogens is 542 g/mol. The first-order chi connectivity index (χ1) is 21.6. The number of nitriles is 3. The highest BCUT2D eigenvalue weighted by molar-refractivity contribution is 6.08. The summed E-state index contributed by atoms with van der Waals surface area (Å²) in [4.78, 5) is 0. The standard InChI is InChI=1S/C39H19N3O2/c40-20-23-5-13-36-34(15-23)31-11-8-26(18-38(31)43-36)25-7-10-30(33(17-25)29-4-2-1-3-28(29)22-42)27-9-12-32-35-16-24(21-41)6-14-37(35)44-39(32)19-27/h1-19H.